The number of hydrogen-bond acceptors (Lipinski definition) is 7. The largest absolute Gasteiger partial charge is 0.467 e. The summed E-state index contributed by atoms with van der Waals surface area (Å²) in [4.78, 5) is 44.7. The van der Waals surface area contributed by atoms with Gasteiger partial charge in [0.2, 0.25) is 0 Å². The minimum Gasteiger partial charge on any atom is -0.467 e. The number of aryl methyl sites for hydroxylation is 2. The molecule has 8 nitrogen and oxygen atoms in total. The zero-order valence-corrected chi connectivity index (χ0v) is 15.3. The second-order valence-electron chi connectivity index (χ2n) is 6.19. The Morgan fingerprint density at radius 3 is 2.52 bits per heavy atom. The maximum atomic E-state index is 12.7. The maximum Gasteiger partial charge on any atom is 0.410 e. The number of aromatic nitrogens is 1. The number of cyclic esters (lactones) is 1. The van der Waals surface area contributed by atoms with Crippen molar-refractivity contribution in [3.63, 3.8) is 0 Å². The van der Waals surface area contributed by atoms with Gasteiger partial charge in [0, 0.05) is 19.1 Å². The van der Waals surface area contributed by atoms with Crippen LogP contribution in [0, 0.1) is 13.8 Å². The molecule has 2 fully saturated rings. The van der Waals surface area contributed by atoms with Crippen LogP contribution in [-0.2, 0) is 14.3 Å². The number of nitrogens with zero attached hydrogens (tertiary/aromatic N) is 3. The van der Waals surface area contributed by atoms with E-state index in [2.05, 4.69) is 4.98 Å². The second-order valence-corrected chi connectivity index (χ2v) is 7.40. The van der Waals surface area contributed by atoms with Gasteiger partial charge in [0.15, 0.2) is 6.04 Å². The van der Waals surface area contributed by atoms with E-state index in [1.54, 1.807) is 4.90 Å². The molecule has 9 heteroatoms. The van der Waals surface area contributed by atoms with Crippen LogP contribution in [0.15, 0.2) is 0 Å². The van der Waals surface area contributed by atoms with Crippen LogP contribution >= 0.6 is 11.3 Å². The molecule has 1 aromatic heterocycles. The van der Waals surface area contributed by atoms with E-state index in [1.165, 1.54) is 23.3 Å². The van der Waals surface area contributed by atoms with Crippen LogP contribution in [0.4, 0.5) is 4.79 Å². The van der Waals surface area contributed by atoms with Crippen molar-refractivity contribution in [2.24, 2.45) is 0 Å². The van der Waals surface area contributed by atoms with Crippen molar-refractivity contribution in [3.8, 4) is 0 Å². The van der Waals surface area contributed by atoms with Crippen LogP contribution in [0.3, 0.4) is 0 Å². The molecule has 1 aromatic rings. The Bertz CT molecular complexity index is 696. The number of methoxy groups -OCH3 is 1. The molecule has 2 aliphatic heterocycles. The van der Waals surface area contributed by atoms with Gasteiger partial charge in [-0.3, -0.25) is 9.69 Å². The summed E-state index contributed by atoms with van der Waals surface area (Å²) in [6, 6.07) is -0.830. The van der Waals surface area contributed by atoms with E-state index in [1.807, 2.05) is 13.8 Å². The normalized spacial score (nSPS) is 21.4. The fourth-order valence-corrected chi connectivity index (χ4v) is 4.26. The topological polar surface area (TPSA) is 89.0 Å². The molecule has 1 unspecified atom stereocenters. The molecule has 2 saturated heterocycles. The predicted molar refractivity (Wildman–Crippen MR) is 89.5 cm³/mol. The highest BCUT2D eigenvalue weighted by molar-refractivity contribution is 7.13. The van der Waals surface area contributed by atoms with Gasteiger partial charge in [-0.25, -0.2) is 14.6 Å². The molecule has 0 bridgehead atoms. The van der Waals surface area contributed by atoms with Crippen LogP contribution in [0.1, 0.15) is 33.2 Å². The first-order valence-electron chi connectivity index (χ1n) is 8.18. The molecule has 1 atom stereocenters. The summed E-state index contributed by atoms with van der Waals surface area (Å²) in [7, 11) is 1.30. The molecule has 0 saturated carbocycles. The number of piperidine rings is 1. The van der Waals surface area contributed by atoms with Crippen LogP contribution in [0.5, 0.6) is 0 Å². The average molecular weight is 367 g/mol. The summed E-state index contributed by atoms with van der Waals surface area (Å²) in [6.07, 6.45) is 0.713. The van der Waals surface area contributed by atoms with Crippen molar-refractivity contribution in [1.29, 1.82) is 0 Å². The van der Waals surface area contributed by atoms with Gasteiger partial charge < -0.3 is 14.4 Å². The minimum atomic E-state index is -0.698. The van der Waals surface area contributed by atoms with E-state index in [0.717, 1.165) is 10.7 Å². The average Bonchev–Trinajstić information content (AvgIpc) is 3.15. The first-order chi connectivity index (χ1) is 11.9. The Kier molecular flexibility index (Phi) is 4.94. The van der Waals surface area contributed by atoms with Gasteiger partial charge in [-0.2, -0.15) is 0 Å². The number of likely N-dealkylation sites (tertiary alicyclic amines) is 1. The Hall–Kier alpha value is -2.16. The van der Waals surface area contributed by atoms with Crippen molar-refractivity contribution in [1.82, 2.24) is 14.8 Å². The Balaban J connectivity index is 1.65. The highest BCUT2D eigenvalue weighted by atomic mass is 32.1. The van der Waals surface area contributed by atoms with Crippen LogP contribution in [-0.4, -0.2) is 71.6 Å². The Morgan fingerprint density at radius 1 is 1.28 bits per heavy atom. The van der Waals surface area contributed by atoms with Crippen molar-refractivity contribution >= 4 is 29.3 Å². The van der Waals surface area contributed by atoms with E-state index >= 15 is 0 Å². The monoisotopic (exact) mass is 367 g/mol. The number of carbonyl (C=O) groups is 3. The van der Waals surface area contributed by atoms with E-state index in [9.17, 15) is 14.4 Å². The second kappa shape index (κ2) is 6.99. The standard InChI is InChI=1S/C16H21N3O5S/c1-9-13(25-10(2)17-9)14(20)18-6-4-11(5-7-18)19-12(15(21)23-3)8-24-16(19)22/h11-12H,4-8H2,1-3H3. The number of hydrogen-bond donors (Lipinski definition) is 0. The van der Waals surface area contributed by atoms with Gasteiger partial charge in [0.1, 0.15) is 11.5 Å². The summed E-state index contributed by atoms with van der Waals surface area (Å²) >= 11 is 1.40. The van der Waals surface area contributed by atoms with Gasteiger partial charge in [0.05, 0.1) is 17.8 Å². The van der Waals surface area contributed by atoms with Gasteiger partial charge in [-0.15, -0.1) is 11.3 Å². The summed E-state index contributed by atoms with van der Waals surface area (Å²) < 4.78 is 9.77. The molecule has 0 spiro atoms. The quantitative estimate of drug-likeness (QED) is 0.750. The van der Waals surface area contributed by atoms with E-state index in [4.69, 9.17) is 9.47 Å². The minimum absolute atomic E-state index is 0.0178. The number of rotatable bonds is 3. The number of ether oxygens (including phenoxy) is 2. The van der Waals surface area contributed by atoms with Gasteiger partial charge in [0.25, 0.3) is 5.91 Å². The van der Waals surface area contributed by atoms with Crippen molar-refractivity contribution < 1.29 is 23.9 Å². The number of amides is 2. The van der Waals surface area contributed by atoms with E-state index in [0.29, 0.717) is 30.8 Å². The lowest BCUT2D eigenvalue weighted by atomic mass is 10.0. The third-order valence-corrected chi connectivity index (χ3v) is 5.69. The van der Waals surface area contributed by atoms with Crippen LogP contribution in [0.2, 0.25) is 0 Å². The van der Waals surface area contributed by atoms with E-state index < -0.39 is 18.1 Å². The van der Waals surface area contributed by atoms with Gasteiger partial charge in [-0.05, 0) is 26.7 Å². The Morgan fingerprint density at radius 2 is 1.96 bits per heavy atom. The lowest BCUT2D eigenvalue weighted by Crippen LogP contribution is -2.51. The third kappa shape index (κ3) is 3.33. The molecular formula is C16H21N3O5S. The molecule has 25 heavy (non-hydrogen) atoms. The zero-order valence-electron chi connectivity index (χ0n) is 14.5. The highest BCUT2D eigenvalue weighted by Gasteiger charge is 2.44. The molecule has 2 aliphatic rings. The number of thiazole rings is 1. The third-order valence-electron chi connectivity index (χ3n) is 4.63. The maximum absolute atomic E-state index is 12.7. The molecule has 136 valence electrons. The van der Waals surface area contributed by atoms with Gasteiger partial charge >= 0.3 is 12.1 Å². The predicted octanol–water partition coefficient (Wildman–Crippen LogP) is 1.36. The lowest BCUT2D eigenvalue weighted by Gasteiger charge is -2.37. The summed E-state index contributed by atoms with van der Waals surface area (Å²) in [5.74, 6) is -0.491. The number of esters is 1. The summed E-state index contributed by atoms with van der Waals surface area (Å²) in [5, 5.41) is 0.872. The van der Waals surface area contributed by atoms with Crippen molar-refractivity contribution in [3.05, 3.63) is 15.6 Å². The lowest BCUT2D eigenvalue weighted by molar-refractivity contribution is -0.145. The molecule has 0 aliphatic carbocycles. The van der Waals surface area contributed by atoms with Crippen molar-refractivity contribution in [2.45, 2.75) is 38.8 Å². The molecule has 3 heterocycles. The zero-order chi connectivity index (χ0) is 18.1. The van der Waals surface area contributed by atoms with Crippen LogP contribution in [0.25, 0.3) is 0 Å². The van der Waals surface area contributed by atoms with Gasteiger partial charge in [-0.1, -0.05) is 0 Å². The van der Waals surface area contributed by atoms with E-state index in [-0.39, 0.29) is 18.6 Å². The Labute approximate surface area is 149 Å². The first kappa shape index (κ1) is 17.7. The molecule has 3 rings (SSSR count). The molecule has 2 amide bonds. The smallest absolute Gasteiger partial charge is 0.410 e. The SMILES string of the molecule is COC(=O)C1COC(=O)N1C1CCN(C(=O)c2sc(C)nc2C)CC1. The molecular weight excluding hydrogens is 346 g/mol. The van der Waals surface area contributed by atoms with Crippen LogP contribution < -0.4 is 0 Å². The number of carbonyl (C=O) groups excluding carboxylic acids is 3. The fraction of sp³-hybridized carbons (Fsp3) is 0.625. The summed E-state index contributed by atoms with van der Waals surface area (Å²) in [5.41, 5.74) is 0.753. The first-order valence-corrected chi connectivity index (χ1v) is 9.00. The fourth-order valence-electron chi connectivity index (χ4n) is 3.37. The molecule has 0 radical (unpaired) electrons. The van der Waals surface area contributed by atoms with Crippen molar-refractivity contribution in [2.75, 3.05) is 26.8 Å². The summed E-state index contributed by atoms with van der Waals surface area (Å²) in [6.45, 7) is 4.79. The molecule has 0 N–H and O–H groups in total. The highest BCUT2D eigenvalue weighted by Crippen LogP contribution is 2.26. The molecule has 0 aromatic carbocycles.